The molecule has 0 aliphatic heterocycles. The highest BCUT2D eigenvalue weighted by molar-refractivity contribution is 5.97. The molecular formula is C18H18N4O2. The molecule has 0 spiro atoms. The normalized spacial score (nSPS) is 10.8. The molecule has 0 fully saturated rings. The predicted octanol–water partition coefficient (Wildman–Crippen LogP) is 3.49. The molecule has 6 heteroatoms. The van der Waals surface area contributed by atoms with Gasteiger partial charge in [0, 0.05) is 5.56 Å². The molecule has 0 atom stereocenters. The highest BCUT2D eigenvalue weighted by atomic mass is 16.5. The first-order valence-corrected chi connectivity index (χ1v) is 7.64. The molecule has 1 heterocycles. The average molecular weight is 322 g/mol. The van der Waals surface area contributed by atoms with Crippen LogP contribution in [0.5, 0.6) is 11.5 Å². The number of nitrogens with two attached hydrogens (primary N) is 1. The number of aromatic nitrogens is 3. The van der Waals surface area contributed by atoms with Gasteiger partial charge in [0.25, 0.3) is 5.91 Å². The summed E-state index contributed by atoms with van der Waals surface area (Å²) < 4.78 is 6.13. The van der Waals surface area contributed by atoms with Gasteiger partial charge in [-0.15, -0.1) is 0 Å². The second-order valence-electron chi connectivity index (χ2n) is 5.68. The number of amides is 1. The van der Waals surface area contributed by atoms with Crippen LogP contribution in [-0.4, -0.2) is 21.3 Å². The highest BCUT2D eigenvalue weighted by Gasteiger charge is 2.19. The van der Waals surface area contributed by atoms with Gasteiger partial charge in [-0.2, -0.15) is 15.4 Å². The van der Waals surface area contributed by atoms with Gasteiger partial charge in [-0.05, 0) is 29.7 Å². The fourth-order valence-corrected chi connectivity index (χ4v) is 2.51. The van der Waals surface area contributed by atoms with Crippen molar-refractivity contribution in [2.24, 2.45) is 5.73 Å². The van der Waals surface area contributed by atoms with Crippen molar-refractivity contribution in [3.05, 3.63) is 59.8 Å². The summed E-state index contributed by atoms with van der Waals surface area (Å²) in [5, 5.41) is 10.3. The first kappa shape index (κ1) is 15.7. The lowest BCUT2D eigenvalue weighted by Gasteiger charge is -2.15. The zero-order chi connectivity index (χ0) is 17.1. The highest BCUT2D eigenvalue weighted by Crippen LogP contribution is 2.36. The van der Waals surface area contributed by atoms with E-state index in [2.05, 4.69) is 29.3 Å². The number of rotatable bonds is 5. The maximum absolute atomic E-state index is 11.5. The SMILES string of the molecule is CC(C)c1ccccc1Oc1ccccc1-c1n[nH]nc1C(N)=O. The first-order chi connectivity index (χ1) is 11.6. The van der Waals surface area contributed by atoms with E-state index in [0.29, 0.717) is 22.9 Å². The molecule has 0 saturated heterocycles. The standard InChI is InChI=1S/C18H18N4O2/c1-11(2)12-7-3-5-9-14(12)24-15-10-6-4-8-13(15)16-17(18(19)23)21-22-20-16/h3-11H,1-2H3,(H2,19,23)(H,20,21,22). The van der Waals surface area contributed by atoms with Gasteiger partial charge in [0.2, 0.25) is 0 Å². The molecule has 0 bridgehead atoms. The number of nitrogens with one attached hydrogen (secondary N) is 1. The van der Waals surface area contributed by atoms with Crippen molar-refractivity contribution in [3.63, 3.8) is 0 Å². The second kappa shape index (κ2) is 6.54. The van der Waals surface area contributed by atoms with E-state index in [9.17, 15) is 4.79 Å². The van der Waals surface area contributed by atoms with Crippen LogP contribution in [0.1, 0.15) is 35.8 Å². The Labute approximate surface area is 139 Å². The maximum Gasteiger partial charge on any atom is 0.271 e. The Hall–Kier alpha value is -3.15. The second-order valence-corrected chi connectivity index (χ2v) is 5.68. The van der Waals surface area contributed by atoms with Crippen molar-refractivity contribution >= 4 is 5.91 Å². The number of hydrogen-bond acceptors (Lipinski definition) is 4. The zero-order valence-electron chi connectivity index (χ0n) is 13.5. The van der Waals surface area contributed by atoms with Crippen molar-refractivity contribution in [2.75, 3.05) is 0 Å². The average Bonchev–Trinajstić information content (AvgIpc) is 3.05. The smallest absolute Gasteiger partial charge is 0.271 e. The summed E-state index contributed by atoms with van der Waals surface area (Å²) in [6.07, 6.45) is 0. The van der Waals surface area contributed by atoms with Crippen LogP contribution in [0.2, 0.25) is 0 Å². The topological polar surface area (TPSA) is 93.9 Å². The van der Waals surface area contributed by atoms with Crippen molar-refractivity contribution in [3.8, 4) is 22.8 Å². The third kappa shape index (κ3) is 2.99. The Kier molecular flexibility index (Phi) is 4.29. The molecule has 24 heavy (non-hydrogen) atoms. The van der Waals surface area contributed by atoms with Crippen molar-refractivity contribution in [1.82, 2.24) is 15.4 Å². The molecule has 1 aromatic heterocycles. The molecule has 3 aromatic rings. The number of benzene rings is 2. The van der Waals surface area contributed by atoms with Crippen LogP contribution in [-0.2, 0) is 0 Å². The van der Waals surface area contributed by atoms with Gasteiger partial charge in [-0.1, -0.05) is 44.2 Å². The molecule has 0 unspecified atom stereocenters. The fraction of sp³-hybridized carbons (Fsp3) is 0.167. The Morgan fingerprint density at radius 2 is 1.71 bits per heavy atom. The van der Waals surface area contributed by atoms with Gasteiger partial charge in [0.05, 0.1) is 0 Å². The monoisotopic (exact) mass is 322 g/mol. The van der Waals surface area contributed by atoms with Gasteiger partial charge in [-0.25, -0.2) is 0 Å². The zero-order valence-corrected chi connectivity index (χ0v) is 13.5. The number of para-hydroxylation sites is 2. The van der Waals surface area contributed by atoms with Gasteiger partial charge in [0.1, 0.15) is 17.2 Å². The molecule has 122 valence electrons. The minimum Gasteiger partial charge on any atom is -0.456 e. The van der Waals surface area contributed by atoms with Gasteiger partial charge in [-0.3, -0.25) is 4.79 Å². The molecule has 3 N–H and O–H groups in total. The summed E-state index contributed by atoms with van der Waals surface area (Å²) >= 11 is 0. The number of carbonyl (C=O) groups excluding carboxylic acids is 1. The molecule has 0 aliphatic carbocycles. The van der Waals surface area contributed by atoms with Gasteiger partial charge in [0.15, 0.2) is 5.69 Å². The number of H-pyrrole nitrogens is 1. The Morgan fingerprint density at radius 3 is 2.42 bits per heavy atom. The number of ether oxygens (including phenoxy) is 1. The molecule has 0 aliphatic rings. The largest absolute Gasteiger partial charge is 0.456 e. The molecule has 2 aromatic carbocycles. The lowest BCUT2D eigenvalue weighted by molar-refractivity contribution is 0.0996. The Bertz CT molecular complexity index is 871. The van der Waals surface area contributed by atoms with E-state index in [1.165, 1.54) is 0 Å². The molecular weight excluding hydrogens is 304 g/mol. The molecule has 1 amide bonds. The minimum absolute atomic E-state index is 0.0863. The predicted molar refractivity (Wildman–Crippen MR) is 90.9 cm³/mol. The molecule has 3 rings (SSSR count). The third-order valence-electron chi connectivity index (χ3n) is 3.68. The summed E-state index contributed by atoms with van der Waals surface area (Å²) in [4.78, 5) is 11.5. The van der Waals surface area contributed by atoms with E-state index in [1.807, 2.05) is 48.5 Å². The van der Waals surface area contributed by atoms with Crippen molar-refractivity contribution in [1.29, 1.82) is 0 Å². The summed E-state index contributed by atoms with van der Waals surface area (Å²) in [5.41, 5.74) is 7.57. The van der Waals surface area contributed by atoms with Crippen molar-refractivity contribution in [2.45, 2.75) is 19.8 Å². The number of primary amides is 1. The van der Waals surface area contributed by atoms with Crippen LogP contribution in [0.4, 0.5) is 0 Å². The van der Waals surface area contributed by atoms with Crippen LogP contribution in [0, 0.1) is 0 Å². The van der Waals surface area contributed by atoms with Gasteiger partial charge >= 0.3 is 0 Å². The van der Waals surface area contributed by atoms with Crippen molar-refractivity contribution < 1.29 is 9.53 Å². The summed E-state index contributed by atoms with van der Waals surface area (Å²) in [7, 11) is 0. The van der Waals surface area contributed by atoms with E-state index in [0.717, 1.165) is 11.3 Å². The lowest BCUT2D eigenvalue weighted by atomic mass is 10.0. The third-order valence-corrected chi connectivity index (χ3v) is 3.68. The fourth-order valence-electron chi connectivity index (χ4n) is 2.51. The van der Waals surface area contributed by atoms with E-state index < -0.39 is 5.91 Å². The lowest BCUT2D eigenvalue weighted by Crippen LogP contribution is -2.12. The number of nitrogens with zero attached hydrogens (tertiary/aromatic N) is 2. The number of hydrogen-bond donors (Lipinski definition) is 2. The Balaban J connectivity index is 2.05. The van der Waals surface area contributed by atoms with E-state index in [-0.39, 0.29) is 5.69 Å². The maximum atomic E-state index is 11.5. The summed E-state index contributed by atoms with van der Waals surface area (Å²) in [5.74, 6) is 1.03. The van der Waals surface area contributed by atoms with E-state index in [1.54, 1.807) is 0 Å². The number of carbonyl (C=O) groups is 1. The number of aromatic amines is 1. The van der Waals surface area contributed by atoms with Crippen LogP contribution in [0.3, 0.4) is 0 Å². The molecule has 0 saturated carbocycles. The molecule has 0 radical (unpaired) electrons. The van der Waals surface area contributed by atoms with Crippen LogP contribution in [0.15, 0.2) is 48.5 Å². The molecule has 6 nitrogen and oxygen atoms in total. The van der Waals surface area contributed by atoms with Gasteiger partial charge < -0.3 is 10.5 Å². The van der Waals surface area contributed by atoms with E-state index >= 15 is 0 Å². The quantitative estimate of drug-likeness (QED) is 0.752. The first-order valence-electron chi connectivity index (χ1n) is 7.64. The van der Waals surface area contributed by atoms with E-state index in [4.69, 9.17) is 10.5 Å². The Morgan fingerprint density at radius 1 is 1.04 bits per heavy atom. The van der Waals surface area contributed by atoms with Crippen LogP contribution < -0.4 is 10.5 Å². The van der Waals surface area contributed by atoms with Crippen LogP contribution in [0.25, 0.3) is 11.3 Å². The summed E-state index contributed by atoms with van der Waals surface area (Å²) in [6, 6.07) is 15.2. The summed E-state index contributed by atoms with van der Waals surface area (Å²) in [6.45, 7) is 4.22. The minimum atomic E-state index is -0.642. The van der Waals surface area contributed by atoms with Crippen LogP contribution >= 0.6 is 0 Å².